The largest absolute Gasteiger partial charge is 0.143 e. The van der Waals surface area contributed by atoms with Gasteiger partial charge < -0.3 is 0 Å². The molecule has 0 spiro atoms. The topological polar surface area (TPSA) is 0 Å². The van der Waals surface area contributed by atoms with E-state index >= 15 is 0 Å². The van der Waals surface area contributed by atoms with Gasteiger partial charge in [-0.05, 0) is 45.1 Å². The Hall–Kier alpha value is -3.20. The first-order valence-electron chi connectivity index (χ1n) is 10.3. The molecule has 0 bridgehead atoms. The highest BCUT2D eigenvalue weighted by molar-refractivity contribution is 7.21. The van der Waals surface area contributed by atoms with Crippen molar-refractivity contribution in [2.24, 2.45) is 0 Å². The van der Waals surface area contributed by atoms with Crippen LogP contribution in [0.4, 0.5) is 0 Å². The van der Waals surface area contributed by atoms with Gasteiger partial charge in [0.1, 0.15) is 0 Å². The summed E-state index contributed by atoms with van der Waals surface area (Å²) in [5, 5.41) is 4.42. The van der Waals surface area contributed by atoms with E-state index < -0.39 is 0 Å². The molecular weight excluding hydrogens is 412 g/mol. The molecule has 2 aromatic carbocycles. The molecule has 0 aliphatic heterocycles. The summed E-state index contributed by atoms with van der Waals surface area (Å²) in [6, 6.07) is 25.4. The van der Waals surface area contributed by atoms with Crippen molar-refractivity contribution in [2.45, 2.75) is 5.41 Å². The van der Waals surface area contributed by atoms with Crippen molar-refractivity contribution in [1.82, 2.24) is 0 Å². The summed E-state index contributed by atoms with van der Waals surface area (Å²) in [5.41, 5.74) is 4.95. The van der Waals surface area contributed by atoms with Gasteiger partial charge in [-0.15, -0.1) is 22.7 Å². The minimum atomic E-state index is -0.229. The van der Waals surface area contributed by atoms with Crippen molar-refractivity contribution in [1.29, 1.82) is 0 Å². The lowest BCUT2D eigenvalue weighted by molar-refractivity contribution is 0.849. The van der Waals surface area contributed by atoms with Crippen LogP contribution < -0.4 is 0 Å². The van der Waals surface area contributed by atoms with Crippen LogP contribution in [0.15, 0.2) is 120 Å². The summed E-state index contributed by atoms with van der Waals surface area (Å²) < 4.78 is 0. The Morgan fingerprint density at radius 3 is 1.42 bits per heavy atom. The first-order chi connectivity index (χ1) is 15.4. The van der Waals surface area contributed by atoms with E-state index in [-0.39, 0.29) is 5.41 Å². The van der Waals surface area contributed by atoms with E-state index in [0.717, 1.165) is 0 Å². The summed E-state index contributed by atoms with van der Waals surface area (Å²) in [6.07, 6.45) is 17.6. The number of allylic oxidation sites excluding steroid dienone is 6. The van der Waals surface area contributed by atoms with E-state index in [9.17, 15) is 0 Å². The molecule has 0 saturated heterocycles. The molecule has 0 atom stereocenters. The molecule has 0 unspecified atom stereocenters. The van der Waals surface area contributed by atoms with Gasteiger partial charge in [0.05, 0.1) is 5.41 Å². The average Bonchev–Trinajstić information content (AvgIpc) is 3.53. The highest BCUT2D eigenvalue weighted by atomic mass is 32.1. The summed E-state index contributed by atoms with van der Waals surface area (Å²) in [7, 11) is 0. The number of benzene rings is 2. The maximum atomic E-state index is 2.34. The second-order valence-corrected chi connectivity index (χ2v) is 9.29. The highest BCUT2D eigenvalue weighted by Gasteiger charge is 2.41. The van der Waals surface area contributed by atoms with Crippen molar-refractivity contribution in [3.8, 4) is 9.75 Å². The lowest BCUT2D eigenvalue weighted by Gasteiger charge is -2.23. The van der Waals surface area contributed by atoms with Crippen molar-refractivity contribution in [3.63, 3.8) is 0 Å². The smallest absolute Gasteiger partial charge is 0.0598 e. The molecule has 1 aliphatic carbocycles. The second-order valence-electron chi connectivity index (χ2n) is 7.45. The first kappa shape index (κ1) is 19.7. The molecule has 2 heteroatoms. The van der Waals surface area contributed by atoms with Crippen LogP contribution in [-0.4, -0.2) is 0 Å². The van der Waals surface area contributed by atoms with E-state index in [1.54, 1.807) is 0 Å². The van der Waals surface area contributed by atoms with Gasteiger partial charge in [0.15, 0.2) is 0 Å². The van der Waals surface area contributed by atoms with E-state index in [1.165, 1.54) is 32.0 Å². The predicted molar refractivity (Wildman–Crippen MR) is 138 cm³/mol. The van der Waals surface area contributed by atoms with Gasteiger partial charge in [0.25, 0.3) is 0 Å². The van der Waals surface area contributed by atoms with Crippen molar-refractivity contribution >= 4 is 34.8 Å². The van der Waals surface area contributed by atoms with Crippen LogP contribution in [0, 0.1) is 0 Å². The van der Waals surface area contributed by atoms with Gasteiger partial charge in [0.2, 0.25) is 0 Å². The standard InChI is InChI=1S/C29H22S2/c1-3-11-23(12-4-1)15-7-9-19-29(20-10-8-16-24-13-5-2-6-14-24)25-17-21-30-27(25)28-26(29)18-22-31-28/h1-22H/b15-7-,16-8+,19-9+,20-10-. The Morgan fingerprint density at radius 1 is 0.516 bits per heavy atom. The van der Waals surface area contributed by atoms with Gasteiger partial charge in [-0.3, -0.25) is 0 Å². The number of thiophene rings is 2. The van der Waals surface area contributed by atoms with Crippen LogP contribution in [-0.2, 0) is 5.41 Å². The normalized spacial score (nSPS) is 14.8. The molecule has 1 aliphatic rings. The second kappa shape index (κ2) is 8.89. The van der Waals surface area contributed by atoms with Crippen LogP contribution in [0.3, 0.4) is 0 Å². The summed E-state index contributed by atoms with van der Waals surface area (Å²) in [5.74, 6) is 0. The van der Waals surface area contributed by atoms with Crippen LogP contribution in [0.25, 0.3) is 21.9 Å². The Bertz CT molecular complexity index is 1160. The SMILES string of the molecule is C(=C/C1(/C=C/C=C\c2ccccc2)c2ccsc2-c2sccc21)/C=C/c1ccccc1. The summed E-state index contributed by atoms with van der Waals surface area (Å²) >= 11 is 3.68. The van der Waals surface area contributed by atoms with Crippen LogP contribution in [0.2, 0.25) is 0 Å². The molecule has 0 N–H and O–H groups in total. The van der Waals surface area contributed by atoms with Gasteiger partial charge in [-0.2, -0.15) is 0 Å². The number of hydrogen-bond donors (Lipinski definition) is 0. The molecule has 2 heterocycles. The molecule has 150 valence electrons. The summed E-state index contributed by atoms with van der Waals surface area (Å²) in [6.45, 7) is 0. The molecule has 31 heavy (non-hydrogen) atoms. The lowest BCUT2D eigenvalue weighted by Crippen LogP contribution is -2.18. The quantitative estimate of drug-likeness (QED) is 0.266. The fraction of sp³-hybridized carbons (Fsp3) is 0.0345. The molecular formula is C29H22S2. The number of rotatable bonds is 6. The first-order valence-corrected chi connectivity index (χ1v) is 12.1. The third kappa shape index (κ3) is 3.93. The third-order valence-electron chi connectivity index (χ3n) is 5.54. The fourth-order valence-electron chi connectivity index (χ4n) is 4.06. The third-order valence-corrected chi connectivity index (χ3v) is 7.54. The number of hydrogen-bond acceptors (Lipinski definition) is 2. The molecule has 4 aromatic rings. The minimum absolute atomic E-state index is 0.229. The molecule has 5 rings (SSSR count). The van der Waals surface area contributed by atoms with E-state index in [2.05, 4.69) is 120 Å². The van der Waals surface area contributed by atoms with Crippen molar-refractivity contribution < 1.29 is 0 Å². The Kier molecular flexibility index (Phi) is 5.66. The number of fused-ring (bicyclic) bond motifs is 3. The van der Waals surface area contributed by atoms with E-state index in [1.807, 2.05) is 34.8 Å². The molecule has 2 aromatic heterocycles. The Morgan fingerprint density at radius 2 is 0.968 bits per heavy atom. The highest BCUT2D eigenvalue weighted by Crippen LogP contribution is 2.55. The molecule has 0 amide bonds. The predicted octanol–water partition coefficient (Wildman–Crippen LogP) is 8.62. The van der Waals surface area contributed by atoms with Gasteiger partial charge in [-0.25, -0.2) is 0 Å². The van der Waals surface area contributed by atoms with E-state index in [4.69, 9.17) is 0 Å². The Labute approximate surface area is 191 Å². The van der Waals surface area contributed by atoms with Crippen LogP contribution in [0.1, 0.15) is 22.3 Å². The zero-order chi connectivity index (χ0) is 20.9. The summed E-state index contributed by atoms with van der Waals surface area (Å²) in [4.78, 5) is 2.80. The maximum Gasteiger partial charge on any atom is 0.0598 e. The van der Waals surface area contributed by atoms with Gasteiger partial charge >= 0.3 is 0 Å². The average molecular weight is 435 g/mol. The maximum absolute atomic E-state index is 2.34. The monoisotopic (exact) mass is 434 g/mol. The zero-order valence-electron chi connectivity index (χ0n) is 17.0. The van der Waals surface area contributed by atoms with Gasteiger partial charge in [-0.1, -0.05) is 109 Å². The Balaban J connectivity index is 1.50. The molecule has 0 radical (unpaired) electrons. The van der Waals surface area contributed by atoms with Crippen molar-refractivity contribution in [3.05, 3.63) is 142 Å². The zero-order valence-corrected chi connectivity index (χ0v) is 18.7. The lowest BCUT2D eigenvalue weighted by atomic mass is 9.78. The molecule has 0 nitrogen and oxygen atoms in total. The minimum Gasteiger partial charge on any atom is -0.143 e. The van der Waals surface area contributed by atoms with Crippen LogP contribution in [0.5, 0.6) is 0 Å². The van der Waals surface area contributed by atoms with Crippen molar-refractivity contribution in [2.75, 3.05) is 0 Å². The van der Waals surface area contributed by atoms with Gasteiger partial charge in [0, 0.05) is 9.75 Å². The molecule has 0 saturated carbocycles. The van der Waals surface area contributed by atoms with E-state index in [0.29, 0.717) is 0 Å². The molecule has 0 fully saturated rings. The van der Waals surface area contributed by atoms with Crippen LogP contribution >= 0.6 is 22.7 Å². The fourth-order valence-corrected chi connectivity index (χ4v) is 6.19.